The first-order valence-corrected chi connectivity index (χ1v) is 11.2. The van der Waals surface area contributed by atoms with E-state index in [9.17, 15) is 9.59 Å². The van der Waals surface area contributed by atoms with Crippen molar-refractivity contribution in [2.45, 2.75) is 25.9 Å². The largest absolute Gasteiger partial charge is 0.469 e. The van der Waals surface area contributed by atoms with Crippen LogP contribution in [0.15, 0.2) is 78.0 Å². The lowest BCUT2D eigenvalue weighted by Gasteiger charge is -2.16. The Morgan fingerprint density at radius 1 is 1.06 bits per heavy atom. The molecule has 0 aliphatic carbocycles. The van der Waals surface area contributed by atoms with Gasteiger partial charge in [-0.05, 0) is 61.0 Å². The molecule has 182 valence electrons. The maximum absolute atomic E-state index is 12.5. The number of nitrogens with one attached hydrogen (secondary N) is 3. The standard InChI is InChI=1S/C25H26ClN5O4/c1-17(14-23(32)34-2)29-25(33)31-24(28-15-18-5-7-19(26)8-6-18)30-20-9-11-21(12-10-20)35-22-4-3-13-27-16-22/h3-13,16-17H,14-15H2,1-2H3,(H3,28,29,30,31,33)/t17-/m0/s1. The number of ether oxygens (including phenoxy) is 2. The minimum atomic E-state index is -0.514. The second kappa shape index (κ2) is 13.0. The smallest absolute Gasteiger partial charge is 0.321 e. The topological polar surface area (TPSA) is 114 Å². The van der Waals surface area contributed by atoms with Gasteiger partial charge in [0, 0.05) is 22.9 Å². The molecular formula is C25H26ClN5O4. The van der Waals surface area contributed by atoms with Crippen LogP contribution in [0, 0.1) is 0 Å². The third-order valence-electron chi connectivity index (χ3n) is 4.63. The quantitative estimate of drug-likeness (QED) is 0.236. The predicted molar refractivity (Wildman–Crippen MR) is 135 cm³/mol. The fraction of sp³-hybridized carbons (Fsp3) is 0.200. The van der Waals surface area contributed by atoms with Gasteiger partial charge in [-0.2, -0.15) is 0 Å². The molecule has 0 aliphatic rings. The molecule has 0 aliphatic heterocycles. The van der Waals surface area contributed by atoms with Crippen molar-refractivity contribution in [3.8, 4) is 11.5 Å². The molecule has 0 spiro atoms. The number of aromatic nitrogens is 1. The molecule has 1 aromatic heterocycles. The summed E-state index contributed by atoms with van der Waals surface area (Å²) >= 11 is 5.95. The van der Waals surface area contributed by atoms with E-state index in [1.807, 2.05) is 18.2 Å². The number of halogens is 1. The van der Waals surface area contributed by atoms with Crippen LogP contribution in [0.3, 0.4) is 0 Å². The van der Waals surface area contributed by atoms with E-state index in [0.717, 1.165) is 5.56 Å². The van der Waals surface area contributed by atoms with Crippen LogP contribution in [0.5, 0.6) is 11.5 Å². The highest BCUT2D eigenvalue weighted by atomic mass is 35.5. The van der Waals surface area contributed by atoms with E-state index in [-0.39, 0.29) is 12.4 Å². The molecule has 0 saturated heterocycles. The Kier molecular flexibility index (Phi) is 9.44. The lowest BCUT2D eigenvalue weighted by molar-refractivity contribution is -0.141. The van der Waals surface area contributed by atoms with E-state index >= 15 is 0 Å². The summed E-state index contributed by atoms with van der Waals surface area (Å²) in [6.45, 7) is 2.01. The van der Waals surface area contributed by atoms with Crippen molar-refractivity contribution in [1.82, 2.24) is 15.6 Å². The highest BCUT2D eigenvalue weighted by Gasteiger charge is 2.14. The summed E-state index contributed by atoms with van der Waals surface area (Å²) in [5, 5.41) is 9.11. The summed E-state index contributed by atoms with van der Waals surface area (Å²) in [5.41, 5.74) is 1.59. The van der Waals surface area contributed by atoms with Crippen LogP contribution in [-0.2, 0) is 16.1 Å². The molecule has 3 rings (SSSR count). The van der Waals surface area contributed by atoms with Gasteiger partial charge in [0.2, 0.25) is 5.96 Å². The van der Waals surface area contributed by atoms with E-state index < -0.39 is 18.0 Å². The number of urea groups is 1. The van der Waals surface area contributed by atoms with Crippen molar-refractivity contribution >= 4 is 35.2 Å². The van der Waals surface area contributed by atoms with Gasteiger partial charge in [0.1, 0.15) is 11.5 Å². The number of rotatable bonds is 8. The zero-order valence-corrected chi connectivity index (χ0v) is 20.1. The molecule has 0 saturated carbocycles. The number of benzene rings is 2. The van der Waals surface area contributed by atoms with E-state index in [1.165, 1.54) is 7.11 Å². The minimum Gasteiger partial charge on any atom is -0.469 e. The minimum absolute atomic E-state index is 0.0486. The summed E-state index contributed by atoms with van der Waals surface area (Å²) in [7, 11) is 1.30. The molecule has 1 heterocycles. The van der Waals surface area contributed by atoms with Gasteiger partial charge >= 0.3 is 12.0 Å². The summed E-state index contributed by atoms with van der Waals surface area (Å²) < 4.78 is 10.4. The molecule has 0 unspecified atom stereocenters. The van der Waals surface area contributed by atoms with Crippen molar-refractivity contribution in [3.63, 3.8) is 0 Å². The van der Waals surface area contributed by atoms with Crippen LogP contribution >= 0.6 is 11.6 Å². The van der Waals surface area contributed by atoms with Gasteiger partial charge in [-0.15, -0.1) is 0 Å². The molecule has 2 amide bonds. The molecule has 1 atom stereocenters. The molecule has 9 nitrogen and oxygen atoms in total. The van der Waals surface area contributed by atoms with Crippen LogP contribution in [0.4, 0.5) is 10.5 Å². The number of guanidine groups is 1. The fourth-order valence-electron chi connectivity index (χ4n) is 2.91. The molecule has 35 heavy (non-hydrogen) atoms. The maximum atomic E-state index is 12.5. The molecule has 0 radical (unpaired) electrons. The summed E-state index contributed by atoms with van der Waals surface area (Å²) in [5.74, 6) is 1.06. The van der Waals surface area contributed by atoms with Crippen molar-refractivity contribution in [2.24, 2.45) is 4.99 Å². The summed E-state index contributed by atoms with van der Waals surface area (Å²) in [4.78, 5) is 32.5. The normalized spacial score (nSPS) is 11.8. The number of esters is 1. The predicted octanol–water partition coefficient (Wildman–Crippen LogP) is 4.75. The van der Waals surface area contributed by atoms with Gasteiger partial charge < -0.3 is 20.1 Å². The lowest BCUT2D eigenvalue weighted by atomic mass is 10.2. The highest BCUT2D eigenvalue weighted by Crippen LogP contribution is 2.22. The second-order valence-corrected chi connectivity index (χ2v) is 7.95. The van der Waals surface area contributed by atoms with Gasteiger partial charge in [-0.25, -0.2) is 9.79 Å². The Bertz CT molecular complexity index is 1140. The van der Waals surface area contributed by atoms with Crippen LogP contribution in [0.25, 0.3) is 0 Å². The average Bonchev–Trinajstić information content (AvgIpc) is 2.85. The van der Waals surface area contributed by atoms with Crippen LogP contribution in [0.2, 0.25) is 5.02 Å². The monoisotopic (exact) mass is 495 g/mol. The second-order valence-electron chi connectivity index (χ2n) is 7.51. The molecule has 0 bridgehead atoms. The van der Waals surface area contributed by atoms with Crippen LogP contribution in [0.1, 0.15) is 18.9 Å². The van der Waals surface area contributed by atoms with Crippen LogP contribution in [-0.4, -0.2) is 36.1 Å². The Morgan fingerprint density at radius 3 is 2.46 bits per heavy atom. The number of pyridine rings is 1. The van der Waals surface area contributed by atoms with Gasteiger partial charge in [0.15, 0.2) is 0 Å². The molecule has 0 fully saturated rings. The van der Waals surface area contributed by atoms with E-state index in [0.29, 0.717) is 28.8 Å². The number of methoxy groups -OCH3 is 1. The first kappa shape index (κ1) is 25.5. The molecular weight excluding hydrogens is 470 g/mol. The van der Waals surface area contributed by atoms with Crippen molar-refractivity contribution in [3.05, 3.63) is 83.6 Å². The number of aliphatic imine (C=N–C) groups is 1. The Balaban J connectivity index is 1.68. The molecule has 2 aromatic carbocycles. The average molecular weight is 496 g/mol. The van der Waals surface area contributed by atoms with E-state index in [4.69, 9.17) is 16.3 Å². The zero-order valence-electron chi connectivity index (χ0n) is 19.3. The molecule has 10 heteroatoms. The first-order valence-electron chi connectivity index (χ1n) is 10.8. The number of anilines is 1. The van der Waals surface area contributed by atoms with E-state index in [1.54, 1.807) is 61.8 Å². The summed E-state index contributed by atoms with van der Waals surface area (Å²) in [6.07, 6.45) is 3.34. The lowest BCUT2D eigenvalue weighted by Crippen LogP contribution is -2.46. The highest BCUT2D eigenvalue weighted by molar-refractivity contribution is 6.30. The van der Waals surface area contributed by atoms with Crippen molar-refractivity contribution in [1.29, 1.82) is 0 Å². The van der Waals surface area contributed by atoms with Gasteiger partial charge in [0.25, 0.3) is 0 Å². The Labute approximate surface area is 208 Å². The molecule has 3 aromatic rings. The third-order valence-corrected chi connectivity index (χ3v) is 4.88. The van der Waals surface area contributed by atoms with Gasteiger partial charge in [-0.1, -0.05) is 23.7 Å². The number of amides is 2. The van der Waals surface area contributed by atoms with Gasteiger partial charge in [0.05, 0.1) is 26.3 Å². The van der Waals surface area contributed by atoms with Crippen LogP contribution < -0.4 is 20.7 Å². The number of nitrogens with zero attached hydrogens (tertiary/aromatic N) is 2. The Hall–Kier alpha value is -4.11. The zero-order chi connectivity index (χ0) is 25.0. The third kappa shape index (κ3) is 8.98. The van der Waals surface area contributed by atoms with Gasteiger partial charge in [-0.3, -0.25) is 15.1 Å². The fourth-order valence-corrected chi connectivity index (χ4v) is 3.03. The maximum Gasteiger partial charge on any atom is 0.321 e. The molecule has 3 N–H and O–H groups in total. The SMILES string of the molecule is COC(=O)C[C@H](C)NC(=O)NC(=NCc1ccc(Cl)cc1)Nc1ccc(Oc2cccnc2)cc1. The number of carbonyl (C=O) groups excluding carboxylic acids is 2. The first-order chi connectivity index (χ1) is 16.9. The van der Waals surface area contributed by atoms with Crippen molar-refractivity contribution in [2.75, 3.05) is 12.4 Å². The van der Waals surface area contributed by atoms with E-state index in [2.05, 4.69) is 30.7 Å². The number of hydrogen-bond donors (Lipinski definition) is 3. The number of carbonyl (C=O) groups is 2. The summed E-state index contributed by atoms with van der Waals surface area (Å²) in [6, 6.07) is 17.1. The Morgan fingerprint density at radius 2 is 1.80 bits per heavy atom. The van der Waals surface area contributed by atoms with Crippen molar-refractivity contribution < 1.29 is 19.1 Å². The number of hydrogen-bond acceptors (Lipinski definition) is 6.